The standard InChI is InChI=1S/2C12H21NO4/c2*1-12(2,3)17-11(16)13-9-7-5-4-6-8(9)10(14)15/h2*8-9H,4-7H2,1-3H3,(H,13,16)(H,14,15)/t2*8-,9-/m10/s1. The number of carbonyl (C=O) groups excluding carboxylic acids is 2. The molecule has 2 fully saturated rings. The molecule has 2 amide bonds. The summed E-state index contributed by atoms with van der Waals surface area (Å²) in [6.45, 7) is 10.7. The van der Waals surface area contributed by atoms with Gasteiger partial charge in [-0.1, -0.05) is 25.7 Å². The lowest BCUT2D eigenvalue weighted by molar-refractivity contribution is -0.144. The number of ether oxygens (including phenoxy) is 2. The highest BCUT2D eigenvalue weighted by molar-refractivity contribution is 5.74. The van der Waals surface area contributed by atoms with Crippen LogP contribution in [0.5, 0.6) is 0 Å². The molecular weight excluding hydrogens is 444 g/mol. The van der Waals surface area contributed by atoms with Crippen molar-refractivity contribution in [1.29, 1.82) is 0 Å². The minimum absolute atomic E-state index is 0.309. The highest BCUT2D eigenvalue weighted by Crippen LogP contribution is 2.26. The molecule has 0 bridgehead atoms. The van der Waals surface area contributed by atoms with Gasteiger partial charge in [-0.3, -0.25) is 9.59 Å². The fourth-order valence-corrected chi connectivity index (χ4v) is 4.12. The molecule has 196 valence electrons. The quantitative estimate of drug-likeness (QED) is 0.459. The second-order valence-corrected chi connectivity index (χ2v) is 11.0. The zero-order valence-electron chi connectivity index (χ0n) is 21.3. The van der Waals surface area contributed by atoms with Gasteiger partial charge in [0.25, 0.3) is 0 Å². The van der Waals surface area contributed by atoms with E-state index in [1.54, 1.807) is 41.5 Å². The fourth-order valence-electron chi connectivity index (χ4n) is 4.12. The van der Waals surface area contributed by atoms with Gasteiger partial charge in [0.05, 0.1) is 11.8 Å². The number of alkyl carbamates (subject to hydrolysis) is 2. The number of carboxylic acid groups (broad SMARTS) is 2. The van der Waals surface area contributed by atoms with Crippen molar-refractivity contribution in [3.05, 3.63) is 0 Å². The largest absolute Gasteiger partial charge is 0.481 e. The first-order valence-corrected chi connectivity index (χ1v) is 12.0. The Bertz CT molecular complexity index is 651. The van der Waals surface area contributed by atoms with Crippen LogP contribution < -0.4 is 10.6 Å². The molecule has 34 heavy (non-hydrogen) atoms. The van der Waals surface area contributed by atoms with E-state index >= 15 is 0 Å². The molecule has 0 aliphatic heterocycles. The molecule has 0 radical (unpaired) electrons. The van der Waals surface area contributed by atoms with Gasteiger partial charge in [0.15, 0.2) is 0 Å². The third-order valence-electron chi connectivity index (χ3n) is 5.57. The lowest BCUT2D eigenvalue weighted by Crippen LogP contribution is -2.46. The minimum atomic E-state index is -0.842. The second-order valence-electron chi connectivity index (χ2n) is 11.0. The van der Waals surface area contributed by atoms with Crippen molar-refractivity contribution in [1.82, 2.24) is 10.6 Å². The highest BCUT2D eigenvalue weighted by atomic mass is 16.6. The van der Waals surface area contributed by atoms with E-state index < -0.39 is 47.2 Å². The average Bonchev–Trinajstić information content (AvgIpc) is 2.66. The Morgan fingerprint density at radius 1 is 0.618 bits per heavy atom. The highest BCUT2D eigenvalue weighted by Gasteiger charge is 2.34. The summed E-state index contributed by atoms with van der Waals surface area (Å²) < 4.78 is 10.3. The molecule has 10 heteroatoms. The molecule has 2 aliphatic rings. The van der Waals surface area contributed by atoms with Crippen molar-refractivity contribution in [2.75, 3.05) is 0 Å². The van der Waals surface area contributed by atoms with Crippen LogP contribution in [0.2, 0.25) is 0 Å². The summed E-state index contributed by atoms with van der Waals surface area (Å²) in [5.74, 6) is -2.66. The predicted octanol–water partition coefficient (Wildman–Crippen LogP) is 4.31. The van der Waals surface area contributed by atoms with E-state index in [0.717, 1.165) is 25.7 Å². The Morgan fingerprint density at radius 2 is 0.912 bits per heavy atom. The van der Waals surface area contributed by atoms with E-state index in [1.807, 2.05) is 0 Å². The van der Waals surface area contributed by atoms with Crippen molar-refractivity contribution in [2.45, 2.75) is 116 Å². The molecular formula is C24H42N2O8. The van der Waals surface area contributed by atoms with E-state index in [0.29, 0.717) is 25.7 Å². The summed E-state index contributed by atoms with van der Waals surface area (Å²) in [6, 6.07) is -0.618. The topological polar surface area (TPSA) is 151 Å². The van der Waals surface area contributed by atoms with Crippen LogP contribution in [-0.4, -0.2) is 57.6 Å². The van der Waals surface area contributed by atoms with Gasteiger partial charge in [-0.25, -0.2) is 9.59 Å². The second kappa shape index (κ2) is 12.8. The summed E-state index contributed by atoms with van der Waals surface area (Å²) in [6.07, 6.45) is 5.30. The van der Waals surface area contributed by atoms with E-state index in [9.17, 15) is 19.2 Å². The van der Waals surface area contributed by atoms with E-state index in [-0.39, 0.29) is 12.1 Å². The molecule has 0 heterocycles. The molecule has 0 aromatic heterocycles. The number of carboxylic acids is 2. The van der Waals surface area contributed by atoms with Crippen molar-refractivity contribution in [3.8, 4) is 0 Å². The molecule has 0 saturated heterocycles. The van der Waals surface area contributed by atoms with Crippen molar-refractivity contribution in [3.63, 3.8) is 0 Å². The number of rotatable bonds is 4. The molecule has 0 spiro atoms. The molecule has 0 unspecified atom stereocenters. The van der Waals surface area contributed by atoms with Crippen LogP contribution in [0.1, 0.15) is 92.9 Å². The average molecular weight is 487 g/mol. The van der Waals surface area contributed by atoms with Crippen LogP contribution in [0.3, 0.4) is 0 Å². The SMILES string of the molecule is CC(C)(C)OC(=O)N[C@@H]1CCCC[C@H]1C(=O)O.CC(C)(C)OC(=O)N[C@H]1CCCC[C@@H]1C(=O)O. The number of hydrogen-bond donors (Lipinski definition) is 4. The van der Waals surface area contributed by atoms with Crippen LogP contribution in [0.15, 0.2) is 0 Å². The maximum Gasteiger partial charge on any atom is 0.407 e. The first-order chi connectivity index (χ1) is 15.6. The van der Waals surface area contributed by atoms with Crippen LogP contribution in [0, 0.1) is 11.8 Å². The third kappa shape index (κ3) is 11.6. The maximum absolute atomic E-state index is 11.6. The Balaban J connectivity index is 0.000000340. The van der Waals surface area contributed by atoms with E-state index in [2.05, 4.69) is 10.6 Å². The van der Waals surface area contributed by atoms with Gasteiger partial charge in [0.2, 0.25) is 0 Å². The number of amides is 2. The zero-order chi connectivity index (χ0) is 26.1. The summed E-state index contributed by atoms with van der Waals surface area (Å²) in [5.41, 5.74) is -1.12. The van der Waals surface area contributed by atoms with Gasteiger partial charge in [0.1, 0.15) is 11.2 Å². The smallest absolute Gasteiger partial charge is 0.407 e. The lowest BCUT2D eigenvalue weighted by atomic mass is 9.84. The summed E-state index contributed by atoms with van der Waals surface area (Å²) in [4.78, 5) is 45.2. The lowest BCUT2D eigenvalue weighted by Gasteiger charge is -2.30. The number of hydrogen-bond acceptors (Lipinski definition) is 6. The van der Waals surface area contributed by atoms with E-state index in [4.69, 9.17) is 19.7 Å². The first-order valence-electron chi connectivity index (χ1n) is 12.0. The van der Waals surface area contributed by atoms with Crippen molar-refractivity contribution in [2.24, 2.45) is 11.8 Å². The Morgan fingerprint density at radius 3 is 1.18 bits per heavy atom. The molecule has 2 saturated carbocycles. The van der Waals surface area contributed by atoms with Gasteiger partial charge in [0, 0.05) is 12.1 Å². The first kappa shape index (κ1) is 29.5. The van der Waals surface area contributed by atoms with Crippen LogP contribution >= 0.6 is 0 Å². The zero-order valence-corrected chi connectivity index (χ0v) is 21.3. The van der Waals surface area contributed by atoms with Crippen molar-refractivity contribution >= 4 is 24.1 Å². The van der Waals surface area contributed by atoms with Gasteiger partial charge < -0.3 is 30.3 Å². The summed E-state index contributed by atoms with van der Waals surface area (Å²) in [5, 5.41) is 23.5. The number of carbonyl (C=O) groups is 4. The Labute approximate surface area is 202 Å². The van der Waals surface area contributed by atoms with Gasteiger partial charge in [-0.15, -0.1) is 0 Å². The van der Waals surface area contributed by atoms with Crippen LogP contribution in [0.4, 0.5) is 9.59 Å². The normalized spacial score (nSPS) is 25.1. The number of aliphatic carboxylic acids is 2. The predicted molar refractivity (Wildman–Crippen MR) is 126 cm³/mol. The summed E-state index contributed by atoms with van der Waals surface area (Å²) >= 11 is 0. The molecule has 0 aromatic rings. The molecule has 4 N–H and O–H groups in total. The molecule has 0 aromatic carbocycles. The van der Waals surface area contributed by atoms with Gasteiger partial charge in [-0.05, 0) is 67.2 Å². The molecule has 4 atom stereocenters. The molecule has 2 aliphatic carbocycles. The number of nitrogens with one attached hydrogen (secondary N) is 2. The van der Waals surface area contributed by atoms with Crippen LogP contribution in [-0.2, 0) is 19.1 Å². The Kier molecular flexibility index (Phi) is 11.1. The van der Waals surface area contributed by atoms with Gasteiger partial charge >= 0.3 is 24.1 Å². The molecule has 2 rings (SSSR count). The van der Waals surface area contributed by atoms with E-state index in [1.165, 1.54) is 0 Å². The Hall–Kier alpha value is -2.52. The summed E-state index contributed by atoms with van der Waals surface area (Å²) in [7, 11) is 0. The minimum Gasteiger partial charge on any atom is -0.481 e. The fraction of sp³-hybridized carbons (Fsp3) is 0.833. The van der Waals surface area contributed by atoms with Crippen molar-refractivity contribution < 1.29 is 38.9 Å². The maximum atomic E-state index is 11.6. The monoisotopic (exact) mass is 486 g/mol. The third-order valence-corrected chi connectivity index (χ3v) is 5.57. The molecule has 10 nitrogen and oxygen atoms in total. The van der Waals surface area contributed by atoms with Crippen LogP contribution in [0.25, 0.3) is 0 Å². The van der Waals surface area contributed by atoms with Gasteiger partial charge in [-0.2, -0.15) is 0 Å².